The molecule has 2 aliphatic heterocycles. The second kappa shape index (κ2) is 17.7. The van der Waals surface area contributed by atoms with E-state index in [1.165, 1.54) is 10.9 Å². The van der Waals surface area contributed by atoms with Crippen LogP contribution in [0.4, 0.5) is 5.82 Å². The normalized spacial score (nSPS) is 29.3. The third kappa shape index (κ3) is 11.2. The van der Waals surface area contributed by atoms with Crippen molar-refractivity contribution in [3.8, 4) is 0 Å². The molecule has 0 radical (unpaired) electrons. The molecule has 4 heterocycles. The van der Waals surface area contributed by atoms with Gasteiger partial charge in [0.1, 0.15) is 42.9 Å². The highest BCUT2D eigenvalue weighted by atomic mass is 31.3. The lowest BCUT2D eigenvalue weighted by molar-refractivity contribution is -0.301. The Kier molecular flexibility index (Phi) is 14.0. The lowest BCUT2D eigenvalue weighted by atomic mass is 9.94. The summed E-state index contributed by atoms with van der Waals surface area (Å²) in [4.78, 5) is 92.9. The molecule has 6 N–H and O–H groups in total. The highest BCUT2D eigenvalue weighted by Gasteiger charge is 2.57. The van der Waals surface area contributed by atoms with Crippen molar-refractivity contribution >= 4 is 62.5 Å². The Balaban J connectivity index is 1.57. The van der Waals surface area contributed by atoms with E-state index >= 15 is 0 Å². The molecule has 55 heavy (non-hydrogen) atoms. The van der Waals surface area contributed by atoms with Crippen LogP contribution >= 0.6 is 15.6 Å². The van der Waals surface area contributed by atoms with Gasteiger partial charge in [-0.3, -0.25) is 37.6 Å². The largest absolute Gasteiger partial charge is 0.483 e. The van der Waals surface area contributed by atoms with Gasteiger partial charge >= 0.3 is 45.5 Å². The van der Waals surface area contributed by atoms with E-state index in [1.54, 1.807) is 0 Å². The number of hydrogen-bond acceptors (Lipinski definition) is 23. The number of phosphoric acid groups is 2. The third-order valence-electron chi connectivity index (χ3n) is 7.42. The van der Waals surface area contributed by atoms with Gasteiger partial charge in [0.05, 0.1) is 12.9 Å². The first-order valence-electron chi connectivity index (χ1n) is 15.7. The highest BCUT2D eigenvalue weighted by molar-refractivity contribution is 7.61. The predicted octanol–water partition coefficient (Wildman–Crippen LogP) is -1.71. The average molecular weight is 830 g/mol. The summed E-state index contributed by atoms with van der Waals surface area (Å²) in [7, 11) is -11.7. The van der Waals surface area contributed by atoms with Gasteiger partial charge in [-0.25, -0.2) is 24.1 Å². The molecule has 0 saturated carbocycles. The molecule has 0 aromatic carbocycles. The second-order valence-corrected chi connectivity index (χ2v) is 14.7. The minimum absolute atomic E-state index is 0.00339. The summed E-state index contributed by atoms with van der Waals surface area (Å²) < 4.78 is 78.4. The summed E-state index contributed by atoms with van der Waals surface area (Å²) in [5, 5.41) is 21.2. The van der Waals surface area contributed by atoms with Crippen molar-refractivity contribution in [1.82, 2.24) is 19.5 Å². The van der Waals surface area contributed by atoms with Crippen LogP contribution in [-0.2, 0) is 79.6 Å². The maximum atomic E-state index is 13.2. The molecule has 0 aliphatic carbocycles. The Labute approximate surface area is 309 Å². The number of hydrogen-bond donors (Lipinski definition) is 5. The smallest absolute Gasteiger partial charge is 0.462 e. The highest BCUT2D eigenvalue weighted by Crippen LogP contribution is 2.61. The van der Waals surface area contributed by atoms with Crippen LogP contribution in [0, 0.1) is 0 Å². The van der Waals surface area contributed by atoms with Crippen molar-refractivity contribution in [3.63, 3.8) is 0 Å². The summed E-state index contributed by atoms with van der Waals surface area (Å²) in [5.41, 5.74) is 6.00. The van der Waals surface area contributed by atoms with E-state index in [4.69, 9.17) is 47.9 Å². The minimum atomic E-state index is -5.95. The Bertz CT molecular complexity index is 1860. The zero-order valence-electron chi connectivity index (χ0n) is 29.3. The van der Waals surface area contributed by atoms with Crippen molar-refractivity contribution in [3.05, 3.63) is 12.7 Å². The fraction of sp³-hybridized carbons (Fsp3) is 0.630. The molecule has 0 bridgehead atoms. The van der Waals surface area contributed by atoms with Gasteiger partial charge in [-0.1, -0.05) is 0 Å². The molecule has 4 rings (SSSR count). The zero-order valence-corrected chi connectivity index (χ0v) is 31.1. The number of aliphatic hydroxyl groups is 2. The van der Waals surface area contributed by atoms with Crippen LogP contribution in [0.3, 0.4) is 0 Å². The van der Waals surface area contributed by atoms with Crippen molar-refractivity contribution < 1.29 is 99.6 Å². The van der Waals surface area contributed by atoms with Gasteiger partial charge < -0.3 is 58.9 Å². The van der Waals surface area contributed by atoms with Crippen LogP contribution in [0.2, 0.25) is 0 Å². The molecule has 2 aliphatic rings. The van der Waals surface area contributed by atoms with E-state index < -0.39 is 120 Å². The number of anilines is 1. The molecule has 28 heteroatoms. The maximum absolute atomic E-state index is 13.2. The number of aromatic nitrogens is 4. The standard InChI is InChI=1S/C27H37N5O21P2/c1-10(33)44-6-16(46-11(2)34)20-21(47-12(3)35)22(48-13(4)36)23(49-14(5)37)27(51-20)52-55(42,43)53-54(40,41)45-7-15-18(38)19(39)26(50-15)32-9-31-17-24(28)29-8-30-25(17)32/h8-9,15-16,18-23,26-27,38-39H,6-7H2,1-5H3,(H,40,41)(H,42,43)(H2,28,29,30)/t15-,16?,18-,19-,20-,21-,22+,23+,26-,27+/m1/s1. The first-order chi connectivity index (χ1) is 25.6. The number of fused-ring (bicyclic) bond motifs is 1. The van der Waals surface area contributed by atoms with Gasteiger partial charge in [-0.15, -0.1) is 0 Å². The van der Waals surface area contributed by atoms with Crippen LogP contribution in [0.1, 0.15) is 40.8 Å². The molecule has 26 nitrogen and oxygen atoms in total. The number of ether oxygens (including phenoxy) is 7. The number of nitrogens with zero attached hydrogens (tertiary/aromatic N) is 4. The van der Waals surface area contributed by atoms with Crippen LogP contribution < -0.4 is 5.73 Å². The number of carbonyl (C=O) groups excluding carboxylic acids is 5. The molecule has 2 saturated heterocycles. The molecule has 3 unspecified atom stereocenters. The lowest BCUT2D eigenvalue weighted by Crippen LogP contribution is -2.65. The second-order valence-electron chi connectivity index (χ2n) is 11.7. The van der Waals surface area contributed by atoms with Gasteiger partial charge in [-0.05, 0) is 0 Å². The molecule has 0 amide bonds. The number of nitrogens with two attached hydrogens (primary N) is 1. The number of phosphoric ester groups is 2. The van der Waals surface area contributed by atoms with Crippen LogP contribution in [0.15, 0.2) is 12.7 Å². The monoisotopic (exact) mass is 829 g/mol. The Morgan fingerprint density at radius 3 is 2.05 bits per heavy atom. The van der Waals surface area contributed by atoms with E-state index in [0.29, 0.717) is 0 Å². The van der Waals surface area contributed by atoms with Gasteiger partial charge in [0.25, 0.3) is 0 Å². The molecule has 2 fully saturated rings. The van der Waals surface area contributed by atoms with Crippen LogP contribution in [0.5, 0.6) is 0 Å². The van der Waals surface area contributed by atoms with Gasteiger partial charge in [0.15, 0.2) is 42.1 Å². The van der Waals surface area contributed by atoms with Gasteiger partial charge in [0, 0.05) is 34.6 Å². The fourth-order valence-electron chi connectivity index (χ4n) is 5.42. The first kappa shape index (κ1) is 43.5. The average Bonchev–Trinajstić information content (AvgIpc) is 3.60. The Hall–Kier alpha value is -4.20. The zero-order chi connectivity index (χ0) is 41.0. The van der Waals surface area contributed by atoms with E-state index in [9.17, 15) is 53.1 Å². The molecular formula is C27H37N5O21P2. The van der Waals surface area contributed by atoms with Gasteiger partial charge in [0.2, 0.25) is 6.29 Å². The van der Waals surface area contributed by atoms with E-state index in [2.05, 4.69) is 19.3 Å². The van der Waals surface area contributed by atoms with Crippen LogP contribution in [-0.4, -0.2) is 138 Å². The number of esters is 5. The number of rotatable bonds is 15. The number of nitrogen functional groups attached to an aromatic ring is 1. The molecule has 2 aromatic rings. The third-order valence-corrected chi connectivity index (χ3v) is 10.0. The van der Waals surface area contributed by atoms with Crippen molar-refractivity contribution in [2.24, 2.45) is 0 Å². The van der Waals surface area contributed by atoms with Gasteiger partial charge in [-0.2, -0.15) is 4.31 Å². The van der Waals surface area contributed by atoms with Crippen LogP contribution in [0.25, 0.3) is 11.2 Å². The molecule has 12 atom stereocenters. The summed E-state index contributed by atoms with van der Waals surface area (Å²) in [6.07, 6.45) is -16.2. The Morgan fingerprint density at radius 2 is 1.45 bits per heavy atom. The fourth-order valence-corrected chi connectivity index (χ4v) is 7.58. The summed E-state index contributed by atoms with van der Waals surface area (Å²) in [6.45, 7) is 2.71. The van der Waals surface area contributed by atoms with E-state index in [-0.39, 0.29) is 17.0 Å². The first-order valence-corrected chi connectivity index (χ1v) is 18.7. The summed E-state index contributed by atoms with van der Waals surface area (Å²) in [5.74, 6) is -5.18. The number of aliphatic hydroxyl groups excluding tert-OH is 2. The minimum Gasteiger partial charge on any atom is -0.462 e. The molecule has 306 valence electrons. The van der Waals surface area contributed by atoms with E-state index in [1.807, 2.05) is 0 Å². The SMILES string of the molecule is CC(=O)OCC(OC(C)=O)[C@H]1O[C@@H](OP(=O)(O)OP(=O)(O)OC[C@H]2O[C@@H](n3cnc4c(N)ncnc43)[C@H](O)[C@@H]2O)[C@@H](OC(C)=O)[C@@H](OC(C)=O)[C@@H]1OC(C)=O. The number of imidazole rings is 1. The predicted molar refractivity (Wildman–Crippen MR) is 171 cm³/mol. The number of carbonyl (C=O) groups is 5. The van der Waals surface area contributed by atoms with Crippen molar-refractivity contribution in [2.45, 2.75) is 96.0 Å². The van der Waals surface area contributed by atoms with Crippen molar-refractivity contribution in [2.75, 3.05) is 18.9 Å². The molecular weight excluding hydrogens is 792 g/mol. The maximum Gasteiger partial charge on any atom is 0.483 e. The van der Waals surface area contributed by atoms with E-state index in [0.717, 1.165) is 40.9 Å². The molecule has 0 spiro atoms. The Morgan fingerprint density at radius 1 is 0.836 bits per heavy atom. The van der Waals surface area contributed by atoms with Crippen molar-refractivity contribution in [1.29, 1.82) is 0 Å². The quantitative estimate of drug-likeness (QED) is 0.0758. The summed E-state index contributed by atoms with van der Waals surface area (Å²) >= 11 is 0. The topological polar surface area (TPSA) is 362 Å². The molecule has 2 aromatic heterocycles. The summed E-state index contributed by atoms with van der Waals surface area (Å²) in [6, 6.07) is 0. The lowest BCUT2D eigenvalue weighted by Gasteiger charge is -2.45.